The number of aryl methyl sites for hydroxylation is 1. The molecule has 1 aromatic carbocycles. The molecular formula is C19H22FN3O3. The average Bonchev–Trinajstić information content (AvgIpc) is 2.63. The Labute approximate surface area is 151 Å². The summed E-state index contributed by atoms with van der Waals surface area (Å²) < 4.78 is 19.6. The zero-order valence-electron chi connectivity index (χ0n) is 14.9. The number of ether oxygens (including phenoxy) is 1. The molecule has 3 rings (SSSR count). The van der Waals surface area contributed by atoms with Crippen molar-refractivity contribution < 1.29 is 13.9 Å². The van der Waals surface area contributed by atoms with Gasteiger partial charge < -0.3 is 14.6 Å². The number of nitrogens with zero attached hydrogens (tertiary/aromatic N) is 2. The number of benzene rings is 1. The van der Waals surface area contributed by atoms with E-state index in [2.05, 4.69) is 9.97 Å². The number of nitrogens with one attached hydrogen (secondary N) is 1. The highest BCUT2D eigenvalue weighted by Gasteiger charge is 2.33. The van der Waals surface area contributed by atoms with Gasteiger partial charge in [-0.15, -0.1) is 0 Å². The molecule has 7 heteroatoms. The van der Waals surface area contributed by atoms with Crippen molar-refractivity contribution in [2.45, 2.75) is 25.9 Å². The van der Waals surface area contributed by atoms with Gasteiger partial charge >= 0.3 is 0 Å². The molecule has 0 radical (unpaired) electrons. The first-order valence-corrected chi connectivity index (χ1v) is 8.61. The molecule has 0 unspecified atom stereocenters. The Hall–Kier alpha value is -2.54. The van der Waals surface area contributed by atoms with E-state index >= 15 is 0 Å². The number of carbonyl (C=O) groups is 1. The minimum atomic E-state index is -0.443. The summed E-state index contributed by atoms with van der Waals surface area (Å²) in [5.74, 6) is -0.203. The van der Waals surface area contributed by atoms with Crippen molar-refractivity contribution in [2.24, 2.45) is 5.92 Å². The molecule has 1 saturated heterocycles. The predicted octanol–water partition coefficient (Wildman–Crippen LogP) is 1.94. The van der Waals surface area contributed by atoms with Crippen molar-refractivity contribution in [3.63, 3.8) is 0 Å². The summed E-state index contributed by atoms with van der Waals surface area (Å²) in [6, 6.07) is 6.63. The fourth-order valence-corrected chi connectivity index (χ4v) is 3.45. The molecule has 1 aliphatic rings. The maximum Gasteiger partial charge on any atom is 0.263 e. The van der Waals surface area contributed by atoms with E-state index in [1.54, 1.807) is 37.1 Å². The number of aromatic nitrogens is 2. The Balaban J connectivity index is 1.79. The summed E-state index contributed by atoms with van der Waals surface area (Å²) >= 11 is 0. The maximum absolute atomic E-state index is 14.0. The van der Waals surface area contributed by atoms with Crippen LogP contribution >= 0.6 is 0 Å². The normalized spacial score (nSPS) is 20.2. The van der Waals surface area contributed by atoms with Crippen LogP contribution in [0.3, 0.4) is 0 Å². The molecule has 0 aliphatic carbocycles. The number of H-pyrrole nitrogens is 1. The lowest BCUT2D eigenvalue weighted by Crippen LogP contribution is -2.48. The first kappa shape index (κ1) is 18.3. The van der Waals surface area contributed by atoms with Crippen LogP contribution in [0.5, 0.6) is 0 Å². The van der Waals surface area contributed by atoms with Crippen LogP contribution in [-0.4, -0.2) is 47.1 Å². The fourth-order valence-electron chi connectivity index (χ4n) is 3.45. The monoisotopic (exact) mass is 359 g/mol. The lowest BCUT2D eigenvalue weighted by molar-refractivity contribution is -0.00327. The van der Waals surface area contributed by atoms with Gasteiger partial charge in [-0.2, -0.15) is 0 Å². The standard InChI is InChI=1S/C19H22FN3O3/c1-12-21-10-15(18(24)22-12)19(25)23-8-7-17(26-2)14(11-23)9-13-5-3-4-6-16(13)20/h3-6,10,14,17H,7-9,11H2,1-2H3,(H,21,22,24)/t14-,17+/m1/s1. The summed E-state index contributed by atoms with van der Waals surface area (Å²) in [6.45, 7) is 2.54. The number of aromatic amines is 1. The molecule has 1 aromatic heterocycles. The highest BCUT2D eigenvalue weighted by Crippen LogP contribution is 2.25. The zero-order chi connectivity index (χ0) is 18.7. The van der Waals surface area contributed by atoms with Crippen LogP contribution in [0.4, 0.5) is 4.39 Å². The molecular weight excluding hydrogens is 337 g/mol. The first-order valence-electron chi connectivity index (χ1n) is 8.61. The van der Waals surface area contributed by atoms with Gasteiger partial charge in [-0.25, -0.2) is 9.37 Å². The largest absolute Gasteiger partial charge is 0.381 e. The van der Waals surface area contributed by atoms with Crippen LogP contribution < -0.4 is 5.56 Å². The van der Waals surface area contributed by atoms with Gasteiger partial charge in [0.15, 0.2) is 0 Å². The second kappa shape index (κ2) is 7.78. The number of hydrogen-bond acceptors (Lipinski definition) is 4. The lowest BCUT2D eigenvalue weighted by Gasteiger charge is -2.38. The van der Waals surface area contributed by atoms with Crippen LogP contribution in [-0.2, 0) is 11.2 Å². The number of halogens is 1. The molecule has 2 aromatic rings. The van der Waals surface area contributed by atoms with Gasteiger partial charge in [0.2, 0.25) is 0 Å². The molecule has 0 bridgehead atoms. The Kier molecular flexibility index (Phi) is 5.46. The minimum Gasteiger partial charge on any atom is -0.381 e. The molecule has 2 atom stereocenters. The smallest absolute Gasteiger partial charge is 0.263 e. The number of rotatable bonds is 4. The van der Waals surface area contributed by atoms with Crippen molar-refractivity contribution >= 4 is 5.91 Å². The number of piperidine rings is 1. The predicted molar refractivity (Wildman–Crippen MR) is 94.5 cm³/mol. The molecule has 0 spiro atoms. The van der Waals surface area contributed by atoms with Gasteiger partial charge in [-0.1, -0.05) is 18.2 Å². The van der Waals surface area contributed by atoms with Crippen molar-refractivity contribution in [3.8, 4) is 0 Å². The lowest BCUT2D eigenvalue weighted by atomic mass is 9.88. The second-order valence-corrected chi connectivity index (χ2v) is 6.58. The maximum atomic E-state index is 14.0. The summed E-state index contributed by atoms with van der Waals surface area (Å²) in [6.07, 6.45) is 2.36. The van der Waals surface area contributed by atoms with Crippen molar-refractivity contribution in [2.75, 3.05) is 20.2 Å². The number of amides is 1. The zero-order valence-corrected chi connectivity index (χ0v) is 14.9. The van der Waals surface area contributed by atoms with Crippen LogP contribution in [0.1, 0.15) is 28.2 Å². The van der Waals surface area contributed by atoms with Gasteiger partial charge in [-0.3, -0.25) is 9.59 Å². The van der Waals surface area contributed by atoms with E-state index in [1.807, 2.05) is 0 Å². The van der Waals surface area contributed by atoms with Crippen molar-refractivity contribution in [1.29, 1.82) is 0 Å². The molecule has 6 nitrogen and oxygen atoms in total. The van der Waals surface area contributed by atoms with Gasteiger partial charge in [-0.05, 0) is 31.4 Å². The van der Waals surface area contributed by atoms with Gasteiger partial charge in [0.1, 0.15) is 17.2 Å². The third-order valence-electron chi connectivity index (χ3n) is 4.85. The molecule has 0 saturated carbocycles. The summed E-state index contributed by atoms with van der Waals surface area (Å²) in [5.41, 5.74) is 0.182. The van der Waals surface area contributed by atoms with E-state index in [0.29, 0.717) is 37.3 Å². The molecule has 1 N–H and O–H groups in total. The van der Waals surface area contributed by atoms with E-state index in [0.717, 1.165) is 0 Å². The van der Waals surface area contributed by atoms with E-state index in [9.17, 15) is 14.0 Å². The fraction of sp³-hybridized carbons (Fsp3) is 0.421. The molecule has 138 valence electrons. The van der Waals surface area contributed by atoms with E-state index in [4.69, 9.17) is 4.74 Å². The SMILES string of the molecule is CO[C@H]1CCN(C(=O)c2cnc(C)[nH]c2=O)C[C@H]1Cc1ccccc1F. The molecule has 26 heavy (non-hydrogen) atoms. The average molecular weight is 359 g/mol. The minimum absolute atomic E-state index is 0.0242. The summed E-state index contributed by atoms with van der Waals surface area (Å²) in [7, 11) is 1.63. The Bertz CT molecular complexity index is 852. The molecule has 1 fully saturated rings. The van der Waals surface area contributed by atoms with Gasteiger partial charge in [0.05, 0.1) is 6.10 Å². The van der Waals surface area contributed by atoms with Crippen LogP contribution in [0.25, 0.3) is 0 Å². The van der Waals surface area contributed by atoms with Crippen molar-refractivity contribution in [1.82, 2.24) is 14.9 Å². The number of carbonyl (C=O) groups excluding carboxylic acids is 1. The topological polar surface area (TPSA) is 75.3 Å². The third kappa shape index (κ3) is 3.83. The van der Waals surface area contributed by atoms with Gasteiger partial charge in [0, 0.05) is 32.3 Å². The quantitative estimate of drug-likeness (QED) is 0.905. The number of likely N-dealkylation sites (tertiary alicyclic amines) is 1. The van der Waals surface area contributed by atoms with Gasteiger partial charge in [0.25, 0.3) is 11.5 Å². The van der Waals surface area contributed by atoms with Crippen LogP contribution in [0, 0.1) is 18.7 Å². The van der Waals surface area contributed by atoms with E-state index in [-0.39, 0.29) is 29.3 Å². The molecule has 1 amide bonds. The third-order valence-corrected chi connectivity index (χ3v) is 4.85. The van der Waals surface area contributed by atoms with Crippen LogP contribution in [0.15, 0.2) is 35.3 Å². The highest BCUT2D eigenvalue weighted by atomic mass is 19.1. The summed E-state index contributed by atoms with van der Waals surface area (Å²) in [4.78, 5) is 33.0. The number of hydrogen-bond donors (Lipinski definition) is 1. The second-order valence-electron chi connectivity index (χ2n) is 6.58. The Morgan fingerprint density at radius 3 is 2.88 bits per heavy atom. The first-order chi connectivity index (χ1) is 12.5. The Morgan fingerprint density at radius 2 is 2.19 bits per heavy atom. The van der Waals surface area contributed by atoms with Crippen LogP contribution in [0.2, 0.25) is 0 Å². The molecule has 1 aliphatic heterocycles. The number of methoxy groups -OCH3 is 1. The van der Waals surface area contributed by atoms with E-state index in [1.165, 1.54) is 12.3 Å². The van der Waals surface area contributed by atoms with Crippen molar-refractivity contribution in [3.05, 3.63) is 63.6 Å². The summed E-state index contributed by atoms with van der Waals surface area (Å²) in [5, 5.41) is 0. The molecule has 2 heterocycles. The Morgan fingerprint density at radius 1 is 1.42 bits per heavy atom. The highest BCUT2D eigenvalue weighted by molar-refractivity contribution is 5.93. The van der Waals surface area contributed by atoms with E-state index < -0.39 is 5.56 Å².